The molecule has 1 aliphatic rings. The van der Waals surface area contributed by atoms with E-state index >= 15 is 0 Å². The lowest BCUT2D eigenvalue weighted by atomic mass is 9.99. The number of carboxylic acids is 1. The molecule has 1 rings (SSSR count). The molecule has 16 heavy (non-hydrogen) atoms. The topological polar surface area (TPSA) is 77.8 Å². The predicted octanol–water partition coefficient (Wildman–Crippen LogP) is 1.91. The summed E-state index contributed by atoms with van der Waals surface area (Å²) in [5, 5.41) is 24.7. The first kappa shape index (κ1) is 15.1. The highest BCUT2D eigenvalue weighted by molar-refractivity contribution is 5.67. The summed E-state index contributed by atoms with van der Waals surface area (Å²) < 4.78 is 0. The molecule has 0 aliphatic heterocycles. The van der Waals surface area contributed by atoms with Crippen LogP contribution in [0.3, 0.4) is 0 Å². The fourth-order valence-electron chi connectivity index (χ4n) is 1.77. The minimum Gasteiger partial charge on any atom is -0.481 e. The van der Waals surface area contributed by atoms with Crippen LogP contribution >= 0.6 is 0 Å². The summed E-state index contributed by atoms with van der Waals surface area (Å²) in [6.45, 7) is 4.59. The molecule has 0 amide bonds. The molecule has 94 valence electrons. The Morgan fingerprint density at radius 2 is 2.00 bits per heavy atom. The van der Waals surface area contributed by atoms with E-state index in [4.69, 9.17) is 15.3 Å². The van der Waals surface area contributed by atoms with Gasteiger partial charge in [0.25, 0.3) is 0 Å². The van der Waals surface area contributed by atoms with Gasteiger partial charge in [0.2, 0.25) is 0 Å². The van der Waals surface area contributed by atoms with Crippen molar-refractivity contribution in [2.75, 3.05) is 0 Å². The van der Waals surface area contributed by atoms with Crippen molar-refractivity contribution in [3.05, 3.63) is 11.6 Å². The SMILES string of the molecule is C/C=C1/CCCC1CC(=O)O.CC(C)(O)O. The van der Waals surface area contributed by atoms with Gasteiger partial charge in [0.05, 0.1) is 6.42 Å². The van der Waals surface area contributed by atoms with Crippen molar-refractivity contribution in [3.63, 3.8) is 0 Å². The maximum Gasteiger partial charge on any atom is 0.303 e. The zero-order valence-corrected chi connectivity index (χ0v) is 10.2. The molecule has 0 aromatic heterocycles. The second-order valence-corrected chi connectivity index (χ2v) is 4.55. The Labute approximate surface area is 96.6 Å². The number of aliphatic hydroxyl groups is 2. The average Bonchev–Trinajstić information content (AvgIpc) is 2.47. The van der Waals surface area contributed by atoms with Gasteiger partial charge in [-0.3, -0.25) is 4.79 Å². The maximum atomic E-state index is 10.4. The summed E-state index contributed by atoms with van der Waals surface area (Å²) >= 11 is 0. The van der Waals surface area contributed by atoms with Crippen molar-refractivity contribution < 1.29 is 20.1 Å². The summed E-state index contributed by atoms with van der Waals surface area (Å²) in [6, 6.07) is 0. The standard InChI is InChI=1S/C9H14O2.C3H8O2/c1-2-7-4-3-5-8(7)6-9(10)11;1-3(2,4)5/h2,8H,3-6H2,1H3,(H,10,11);4-5H,1-2H3/b7-2-;. The molecule has 1 saturated carbocycles. The van der Waals surface area contributed by atoms with Gasteiger partial charge in [-0.1, -0.05) is 11.6 Å². The molecule has 0 heterocycles. The van der Waals surface area contributed by atoms with E-state index in [9.17, 15) is 4.79 Å². The number of carboxylic acid groups (broad SMARTS) is 1. The van der Waals surface area contributed by atoms with E-state index in [1.165, 1.54) is 19.4 Å². The van der Waals surface area contributed by atoms with Crippen molar-refractivity contribution >= 4 is 5.97 Å². The highest BCUT2D eigenvalue weighted by Gasteiger charge is 2.22. The molecule has 0 aromatic carbocycles. The molecular formula is C12H22O4. The van der Waals surface area contributed by atoms with E-state index in [0.29, 0.717) is 12.3 Å². The van der Waals surface area contributed by atoms with Gasteiger partial charge in [0, 0.05) is 0 Å². The van der Waals surface area contributed by atoms with Gasteiger partial charge in [-0.2, -0.15) is 0 Å². The lowest BCUT2D eigenvalue weighted by molar-refractivity contribution is -0.137. The average molecular weight is 230 g/mol. The Hall–Kier alpha value is -0.870. The lowest BCUT2D eigenvalue weighted by Crippen LogP contribution is -2.15. The Kier molecular flexibility index (Phi) is 6.29. The second-order valence-electron chi connectivity index (χ2n) is 4.55. The molecule has 0 radical (unpaired) electrons. The van der Waals surface area contributed by atoms with Crippen LogP contribution in [0.25, 0.3) is 0 Å². The van der Waals surface area contributed by atoms with Gasteiger partial charge in [-0.25, -0.2) is 0 Å². The summed E-state index contributed by atoms with van der Waals surface area (Å²) in [7, 11) is 0. The Morgan fingerprint density at radius 1 is 1.50 bits per heavy atom. The Morgan fingerprint density at radius 3 is 2.38 bits per heavy atom. The van der Waals surface area contributed by atoms with Crippen molar-refractivity contribution in [1.29, 1.82) is 0 Å². The molecule has 0 saturated heterocycles. The molecule has 4 nitrogen and oxygen atoms in total. The minimum atomic E-state index is -1.50. The number of allylic oxidation sites excluding steroid dienone is 2. The van der Waals surface area contributed by atoms with Gasteiger partial charge in [0.1, 0.15) is 0 Å². The van der Waals surface area contributed by atoms with E-state index in [1.807, 2.05) is 6.92 Å². The third-order valence-corrected chi connectivity index (χ3v) is 2.33. The van der Waals surface area contributed by atoms with Crippen LogP contribution in [0.4, 0.5) is 0 Å². The third-order valence-electron chi connectivity index (χ3n) is 2.33. The van der Waals surface area contributed by atoms with Crippen LogP contribution in [0, 0.1) is 5.92 Å². The highest BCUT2D eigenvalue weighted by Crippen LogP contribution is 2.32. The fraction of sp³-hybridized carbons (Fsp3) is 0.750. The molecule has 0 spiro atoms. The smallest absolute Gasteiger partial charge is 0.303 e. The number of hydrogen-bond acceptors (Lipinski definition) is 3. The van der Waals surface area contributed by atoms with E-state index in [-0.39, 0.29) is 0 Å². The van der Waals surface area contributed by atoms with Crippen LogP contribution in [0.1, 0.15) is 46.5 Å². The van der Waals surface area contributed by atoms with Crippen LogP contribution in [0.2, 0.25) is 0 Å². The number of hydrogen-bond donors (Lipinski definition) is 3. The second kappa shape index (κ2) is 6.66. The quantitative estimate of drug-likeness (QED) is 0.500. The first-order chi connectivity index (χ1) is 7.24. The molecule has 1 unspecified atom stereocenters. The first-order valence-electron chi connectivity index (χ1n) is 5.55. The highest BCUT2D eigenvalue weighted by atomic mass is 16.5. The van der Waals surface area contributed by atoms with Gasteiger partial charge in [0.15, 0.2) is 5.79 Å². The summed E-state index contributed by atoms with van der Waals surface area (Å²) in [6.07, 6.45) is 5.72. The summed E-state index contributed by atoms with van der Waals surface area (Å²) in [4.78, 5) is 10.4. The number of aliphatic carboxylic acids is 1. The monoisotopic (exact) mass is 230 g/mol. The summed E-state index contributed by atoms with van der Waals surface area (Å²) in [5.74, 6) is -1.84. The molecule has 1 fully saturated rings. The van der Waals surface area contributed by atoms with E-state index in [1.54, 1.807) is 0 Å². The fourth-order valence-corrected chi connectivity index (χ4v) is 1.77. The molecular weight excluding hydrogens is 208 g/mol. The van der Waals surface area contributed by atoms with Crippen LogP contribution in [-0.4, -0.2) is 27.1 Å². The zero-order valence-electron chi connectivity index (χ0n) is 10.2. The van der Waals surface area contributed by atoms with Crippen LogP contribution < -0.4 is 0 Å². The zero-order chi connectivity index (χ0) is 12.8. The van der Waals surface area contributed by atoms with Crippen molar-refractivity contribution in [1.82, 2.24) is 0 Å². The number of carbonyl (C=O) groups is 1. The van der Waals surface area contributed by atoms with Crippen LogP contribution in [0.15, 0.2) is 11.6 Å². The third kappa shape index (κ3) is 8.44. The van der Waals surface area contributed by atoms with E-state index < -0.39 is 11.8 Å². The normalized spacial score (nSPS) is 22.8. The molecule has 0 bridgehead atoms. The molecule has 1 aliphatic carbocycles. The number of rotatable bonds is 2. The molecule has 3 N–H and O–H groups in total. The van der Waals surface area contributed by atoms with Gasteiger partial charge in [-0.15, -0.1) is 0 Å². The van der Waals surface area contributed by atoms with Gasteiger partial charge >= 0.3 is 5.97 Å². The van der Waals surface area contributed by atoms with Crippen LogP contribution in [0.5, 0.6) is 0 Å². The van der Waals surface area contributed by atoms with E-state index in [2.05, 4.69) is 6.08 Å². The summed E-state index contributed by atoms with van der Waals surface area (Å²) in [5.41, 5.74) is 1.34. The first-order valence-corrected chi connectivity index (χ1v) is 5.55. The van der Waals surface area contributed by atoms with Gasteiger partial charge < -0.3 is 15.3 Å². The van der Waals surface area contributed by atoms with Crippen molar-refractivity contribution in [3.8, 4) is 0 Å². The lowest BCUT2D eigenvalue weighted by Gasteiger charge is -2.06. The minimum absolute atomic E-state index is 0.319. The van der Waals surface area contributed by atoms with E-state index in [0.717, 1.165) is 19.3 Å². The Bertz CT molecular complexity index is 244. The van der Waals surface area contributed by atoms with Gasteiger partial charge in [-0.05, 0) is 46.0 Å². The Balaban J connectivity index is 0.000000385. The molecule has 4 heteroatoms. The molecule has 0 aromatic rings. The van der Waals surface area contributed by atoms with Crippen molar-refractivity contribution in [2.45, 2.75) is 52.2 Å². The predicted molar refractivity (Wildman–Crippen MR) is 61.9 cm³/mol. The van der Waals surface area contributed by atoms with Crippen molar-refractivity contribution in [2.24, 2.45) is 5.92 Å². The van der Waals surface area contributed by atoms with Crippen LogP contribution in [-0.2, 0) is 4.79 Å². The largest absolute Gasteiger partial charge is 0.481 e. The maximum absolute atomic E-state index is 10.4. The molecule has 1 atom stereocenters.